The molecule has 0 saturated carbocycles. The molecule has 0 aromatic carbocycles. The Kier molecular flexibility index (Phi) is 3.56. The third kappa shape index (κ3) is 3.51. The summed E-state index contributed by atoms with van der Waals surface area (Å²) in [6, 6.07) is 0. The molecule has 64 valence electrons. The van der Waals surface area contributed by atoms with E-state index in [2.05, 4.69) is 6.58 Å². The van der Waals surface area contributed by atoms with Gasteiger partial charge in [0.15, 0.2) is 0 Å². The van der Waals surface area contributed by atoms with Gasteiger partial charge in [0, 0.05) is 0 Å². The van der Waals surface area contributed by atoms with Crippen LogP contribution in [0.2, 0.25) is 0 Å². The minimum absolute atomic E-state index is 0.120. The Labute approximate surface area is 66.9 Å². The average Bonchev–Trinajstić information content (AvgIpc) is 2.39. The molecule has 0 bridgehead atoms. The minimum Gasteiger partial charge on any atom is -0.374 e. The summed E-state index contributed by atoms with van der Waals surface area (Å²) in [6.45, 7) is 7.93. The summed E-state index contributed by atoms with van der Waals surface area (Å²) in [5.74, 6) is 0. The molecule has 1 aliphatic heterocycles. The lowest BCUT2D eigenvalue weighted by atomic mass is 10.4. The fourth-order valence-corrected chi connectivity index (χ4v) is 0.833. The quantitative estimate of drug-likeness (QED) is 0.570. The van der Waals surface area contributed by atoms with Crippen molar-refractivity contribution < 1.29 is 14.2 Å². The lowest BCUT2D eigenvalue weighted by Gasteiger charge is -2.07. The Hall–Kier alpha value is -0.380. The van der Waals surface area contributed by atoms with Crippen molar-refractivity contribution in [3.05, 3.63) is 12.2 Å². The SMILES string of the molecule is C=C(C)COCC1COCO1. The van der Waals surface area contributed by atoms with E-state index in [9.17, 15) is 0 Å². The van der Waals surface area contributed by atoms with E-state index in [1.165, 1.54) is 0 Å². The van der Waals surface area contributed by atoms with Crippen LogP contribution in [0.5, 0.6) is 0 Å². The second kappa shape index (κ2) is 4.49. The van der Waals surface area contributed by atoms with Crippen molar-refractivity contribution in [3.63, 3.8) is 0 Å². The molecule has 0 radical (unpaired) electrons. The van der Waals surface area contributed by atoms with Crippen LogP contribution in [0, 0.1) is 0 Å². The monoisotopic (exact) mass is 158 g/mol. The van der Waals surface area contributed by atoms with Gasteiger partial charge in [-0.05, 0) is 6.92 Å². The van der Waals surface area contributed by atoms with E-state index in [-0.39, 0.29) is 6.10 Å². The normalized spacial score (nSPS) is 23.9. The molecule has 0 N–H and O–H groups in total. The molecular formula is C8H14O3. The van der Waals surface area contributed by atoms with Crippen molar-refractivity contribution in [2.24, 2.45) is 0 Å². The van der Waals surface area contributed by atoms with Crippen LogP contribution in [0.1, 0.15) is 6.92 Å². The summed E-state index contributed by atoms with van der Waals surface area (Å²) in [5, 5.41) is 0. The molecule has 0 aliphatic carbocycles. The predicted octanol–water partition coefficient (Wildman–Crippen LogP) is 0.952. The van der Waals surface area contributed by atoms with E-state index in [1.807, 2.05) is 6.92 Å². The van der Waals surface area contributed by atoms with E-state index in [0.29, 0.717) is 26.6 Å². The molecule has 1 heterocycles. The fourth-order valence-electron chi connectivity index (χ4n) is 0.833. The largest absolute Gasteiger partial charge is 0.374 e. The van der Waals surface area contributed by atoms with Gasteiger partial charge in [-0.1, -0.05) is 12.2 Å². The van der Waals surface area contributed by atoms with Crippen LogP contribution in [-0.2, 0) is 14.2 Å². The molecule has 1 fully saturated rings. The Balaban J connectivity index is 1.98. The van der Waals surface area contributed by atoms with Crippen LogP contribution in [0.3, 0.4) is 0 Å². The third-order valence-corrected chi connectivity index (χ3v) is 1.34. The molecule has 1 rings (SSSR count). The summed E-state index contributed by atoms with van der Waals surface area (Å²) in [5.41, 5.74) is 1.03. The highest BCUT2D eigenvalue weighted by Crippen LogP contribution is 2.03. The van der Waals surface area contributed by atoms with Gasteiger partial charge in [0.1, 0.15) is 12.9 Å². The topological polar surface area (TPSA) is 27.7 Å². The van der Waals surface area contributed by atoms with Gasteiger partial charge in [-0.15, -0.1) is 0 Å². The van der Waals surface area contributed by atoms with Gasteiger partial charge in [-0.3, -0.25) is 0 Å². The predicted molar refractivity (Wildman–Crippen MR) is 41.3 cm³/mol. The van der Waals surface area contributed by atoms with Crippen molar-refractivity contribution in [3.8, 4) is 0 Å². The van der Waals surface area contributed by atoms with Crippen LogP contribution in [0.25, 0.3) is 0 Å². The van der Waals surface area contributed by atoms with Crippen LogP contribution >= 0.6 is 0 Å². The summed E-state index contributed by atoms with van der Waals surface area (Å²) < 4.78 is 15.4. The molecule has 1 aliphatic rings. The Bertz CT molecular complexity index is 127. The number of hydrogen-bond acceptors (Lipinski definition) is 3. The molecule has 0 spiro atoms. The Morgan fingerprint density at radius 1 is 1.73 bits per heavy atom. The van der Waals surface area contributed by atoms with Gasteiger partial charge >= 0.3 is 0 Å². The molecule has 0 amide bonds. The van der Waals surface area contributed by atoms with E-state index >= 15 is 0 Å². The molecule has 0 aromatic rings. The fraction of sp³-hybridized carbons (Fsp3) is 0.750. The zero-order valence-electron chi connectivity index (χ0n) is 6.84. The van der Waals surface area contributed by atoms with Crippen molar-refractivity contribution in [2.45, 2.75) is 13.0 Å². The van der Waals surface area contributed by atoms with Crippen molar-refractivity contribution in [2.75, 3.05) is 26.6 Å². The zero-order chi connectivity index (χ0) is 8.10. The summed E-state index contributed by atoms with van der Waals surface area (Å²) in [6.07, 6.45) is 0.120. The number of rotatable bonds is 4. The highest BCUT2D eigenvalue weighted by Gasteiger charge is 2.15. The maximum atomic E-state index is 5.27. The standard InChI is InChI=1S/C8H14O3/c1-7(2)3-9-4-8-5-10-6-11-8/h8H,1,3-6H2,2H3. The van der Waals surface area contributed by atoms with E-state index in [4.69, 9.17) is 14.2 Å². The molecule has 1 unspecified atom stereocenters. The first-order valence-electron chi connectivity index (χ1n) is 3.70. The highest BCUT2D eigenvalue weighted by molar-refractivity contribution is 4.87. The second-order valence-electron chi connectivity index (χ2n) is 2.75. The van der Waals surface area contributed by atoms with Crippen LogP contribution in [0.15, 0.2) is 12.2 Å². The first-order chi connectivity index (χ1) is 5.29. The van der Waals surface area contributed by atoms with Crippen LogP contribution in [-0.4, -0.2) is 32.7 Å². The molecule has 1 atom stereocenters. The average molecular weight is 158 g/mol. The van der Waals surface area contributed by atoms with Crippen LogP contribution in [0.4, 0.5) is 0 Å². The minimum atomic E-state index is 0.120. The van der Waals surface area contributed by atoms with Gasteiger partial charge in [0.2, 0.25) is 0 Å². The Morgan fingerprint density at radius 2 is 2.55 bits per heavy atom. The van der Waals surface area contributed by atoms with E-state index in [0.717, 1.165) is 5.57 Å². The summed E-state index contributed by atoms with van der Waals surface area (Å²) in [7, 11) is 0. The molecule has 3 heteroatoms. The van der Waals surface area contributed by atoms with Gasteiger partial charge in [0.25, 0.3) is 0 Å². The molecule has 0 aromatic heterocycles. The third-order valence-electron chi connectivity index (χ3n) is 1.34. The van der Waals surface area contributed by atoms with E-state index < -0.39 is 0 Å². The van der Waals surface area contributed by atoms with Gasteiger partial charge in [-0.25, -0.2) is 0 Å². The van der Waals surface area contributed by atoms with Gasteiger partial charge in [-0.2, -0.15) is 0 Å². The van der Waals surface area contributed by atoms with Crippen molar-refractivity contribution in [1.82, 2.24) is 0 Å². The van der Waals surface area contributed by atoms with Gasteiger partial charge < -0.3 is 14.2 Å². The molecule has 3 nitrogen and oxygen atoms in total. The molecular weight excluding hydrogens is 144 g/mol. The smallest absolute Gasteiger partial charge is 0.147 e. The Morgan fingerprint density at radius 3 is 3.09 bits per heavy atom. The van der Waals surface area contributed by atoms with Crippen molar-refractivity contribution >= 4 is 0 Å². The summed E-state index contributed by atoms with van der Waals surface area (Å²) in [4.78, 5) is 0. The lowest BCUT2D eigenvalue weighted by Crippen LogP contribution is -2.17. The van der Waals surface area contributed by atoms with Gasteiger partial charge in [0.05, 0.1) is 19.8 Å². The van der Waals surface area contributed by atoms with Crippen LogP contribution < -0.4 is 0 Å². The highest BCUT2D eigenvalue weighted by atomic mass is 16.7. The lowest BCUT2D eigenvalue weighted by molar-refractivity contribution is 0.0101. The summed E-state index contributed by atoms with van der Waals surface area (Å²) >= 11 is 0. The molecule has 1 saturated heterocycles. The first kappa shape index (κ1) is 8.71. The second-order valence-corrected chi connectivity index (χ2v) is 2.75. The van der Waals surface area contributed by atoms with Crippen molar-refractivity contribution in [1.29, 1.82) is 0 Å². The molecule has 11 heavy (non-hydrogen) atoms. The number of hydrogen-bond donors (Lipinski definition) is 0. The zero-order valence-corrected chi connectivity index (χ0v) is 6.84. The maximum Gasteiger partial charge on any atom is 0.147 e. The van der Waals surface area contributed by atoms with E-state index in [1.54, 1.807) is 0 Å². The maximum absolute atomic E-state index is 5.27. The first-order valence-corrected chi connectivity index (χ1v) is 3.70. The number of ether oxygens (including phenoxy) is 3.